The van der Waals surface area contributed by atoms with Crippen LogP contribution in [-0.4, -0.2) is 52.0 Å². The molecule has 3 heterocycles. The van der Waals surface area contributed by atoms with Crippen LogP contribution in [0.15, 0.2) is 43.0 Å². The molecule has 1 aliphatic heterocycles. The van der Waals surface area contributed by atoms with E-state index in [2.05, 4.69) is 33.3 Å². The Labute approximate surface area is 163 Å². The number of ether oxygens (including phenoxy) is 1. The Morgan fingerprint density at radius 2 is 2.00 bits per heavy atom. The highest BCUT2D eigenvalue weighted by Gasteiger charge is 2.25. The van der Waals surface area contributed by atoms with Gasteiger partial charge in [0.25, 0.3) is 5.91 Å². The Morgan fingerprint density at radius 1 is 1.18 bits per heavy atom. The normalized spacial score (nSPS) is 14.9. The maximum Gasteiger partial charge on any atom is 0.274 e. The quantitative estimate of drug-likeness (QED) is 0.753. The highest BCUT2D eigenvalue weighted by atomic mass is 16.5. The number of benzene rings is 1. The van der Waals surface area contributed by atoms with Crippen LogP contribution < -0.4 is 10.1 Å². The third-order valence-corrected chi connectivity index (χ3v) is 5.18. The van der Waals surface area contributed by atoms with E-state index in [0.29, 0.717) is 24.8 Å². The van der Waals surface area contributed by atoms with Crippen molar-refractivity contribution in [2.75, 3.05) is 25.5 Å². The fraction of sp³-hybridized carbons (Fsp3) is 0.333. The van der Waals surface area contributed by atoms with Crippen LogP contribution in [0.3, 0.4) is 0 Å². The number of rotatable bonds is 4. The number of hydrogen-bond donors (Lipinski definition) is 1. The van der Waals surface area contributed by atoms with E-state index in [4.69, 9.17) is 4.74 Å². The van der Waals surface area contributed by atoms with Crippen LogP contribution in [0.5, 0.6) is 5.75 Å². The molecule has 2 aromatic heterocycles. The van der Waals surface area contributed by atoms with E-state index in [1.54, 1.807) is 19.5 Å². The number of aromatic nitrogens is 3. The number of amides is 1. The Hall–Kier alpha value is -3.22. The first-order valence-corrected chi connectivity index (χ1v) is 9.41. The summed E-state index contributed by atoms with van der Waals surface area (Å²) in [4.78, 5) is 27.0. The molecule has 0 spiro atoms. The van der Waals surface area contributed by atoms with Crippen molar-refractivity contribution in [2.45, 2.75) is 25.8 Å². The summed E-state index contributed by atoms with van der Waals surface area (Å²) < 4.78 is 5.45. The van der Waals surface area contributed by atoms with Gasteiger partial charge >= 0.3 is 0 Å². The lowest BCUT2D eigenvalue weighted by Gasteiger charge is -2.33. The summed E-state index contributed by atoms with van der Waals surface area (Å²) in [5.41, 5.74) is 3.44. The predicted octanol–water partition coefficient (Wildman–Crippen LogP) is 3.06. The van der Waals surface area contributed by atoms with Crippen molar-refractivity contribution in [3.8, 4) is 5.75 Å². The van der Waals surface area contributed by atoms with Gasteiger partial charge in [-0.05, 0) is 31.4 Å². The molecule has 7 nitrogen and oxygen atoms in total. The Bertz CT molecular complexity index is 985. The molecule has 3 aromatic rings. The summed E-state index contributed by atoms with van der Waals surface area (Å²) >= 11 is 0. The van der Waals surface area contributed by atoms with Crippen LogP contribution in [0, 0.1) is 6.92 Å². The van der Waals surface area contributed by atoms with E-state index in [0.717, 1.165) is 40.7 Å². The number of carbonyl (C=O) groups excluding carboxylic acids is 1. The van der Waals surface area contributed by atoms with Gasteiger partial charge in [-0.1, -0.05) is 12.1 Å². The molecule has 0 unspecified atom stereocenters. The van der Waals surface area contributed by atoms with E-state index in [9.17, 15) is 4.79 Å². The molecule has 1 saturated heterocycles. The zero-order chi connectivity index (χ0) is 19.5. The van der Waals surface area contributed by atoms with Gasteiger partial charge in [-0.3, -0.25) is 14.8 Å². The van der Waals surface area contributed by atoms with Crippen LogP contribution in [0.2, 0.25) is 0 Å². The molecule has 1 aromatic carbocycles. The fourth-order valence-electron chi connectivity index (χ4n) is 3.65. The average Bonchev–Trinajstić information content (AvgIpc) is 2.76. The average molecular weight is 377 g/mol. The van der Waals surface area contributed by atoms with E-state index in [1.165, 1.54) is 6.20 Å². The molecule has 0 bridgehead atoms. The molecule has 0 atom stereocenters. The second-order valence-electron chi connectivity index (χ2n) is 6.97. The molecule has 0 radical (unpaired) electrons. The predicted molar refractivity (Wildman–Crippen MR) is 108 cm³/mol. The van der Waals surface area contributed by atoms with Crippen molar-refractivity contribution in [1.82, 2.24) is 19.9 Å². The van der Waals surface area contributed by atoms with Crippen LogP contribution in [0.4, 0.5) is 5.69 Å². The lowest BCUT2D eigenvalue weighted by Crippen LogP contribution is -2.42. The molecule has 144 valence electrons. The van der Waals surface area contributed by atoms with Gasteiger partial charge in [-0.25, -0.2) is 4.98 Å². The van der Waals surface area contributed by atoms with Gasteiger partial charge in [0.1, 0.15) is 17.0 Å². The third-order valence-electron chi connectivity index (χ3n) is 5.18. The summed E-state index contributed by atoms with van der Waals surface area (Å²) in [6.07, 6.45) is 8.27. The van der Waals surface area contributed by atoms with Crippen LogP contribution >= 0.6 is 0 Å². The van der Waals surface area contributed by atoms with Crippen molar-refractivity contribution < 1.29 is 9.53 Å². The maximum absolute atomic E-state index is 12.5. The van der Waals surface area contributed by atoms with Gasteiger partial charge in [0.05, 0.1) is 13.3 Å². The Morgan fingerprint density at radius 3 is 2.71 bits per heavy atom. The summed E-state index contributed by atoms with van der Waals surface area (Å²) in [6.45, 7) is 3.44. The van der Waals surface area contributed by atoms with E-state index in [1.807, 2.05) is 23.2 Å². The molecular formula is C21H23N5O2. The first-order chi connectivity index (χ1) is 13.7. The highest BCUT2D eigenvalue weighted by molar-refractivity contribution is 5.96. The minimum Gasteiger partial charge on any atom is -0.494 e. The van der Waals surface area contributed by atoms with Crippen molar-refractivity contribution in [2.24, 2.45) is 0 Å². The molecule has 1 aliphatic rings. The molecule has 1 N–H and O–H groups in total. The molecular weight excluding hydrogens is 354 g/mol. The minimum atomic E-state index is -0.0539. The van der Waals surface area contributed by atoms with Gasteiger partial charge in [-0.15, -0.1) is 0 Å². The van der Waals surface area contributed by atoms with Crippen molar-refractivity contribution in [1.29, 1.82) is 0 Å². The second-order valence-corrected chi connectivity index (χ2v) is 6.97. The molecule has 0 saturated carbocycles. The van der Waals surface area contributed by atoms with Crippen molar-refractivity contribution in [3.05, 3.63) is 54.2 Å². The zero-order valence-corrected chi connectivity index (χ0v) is 16.1. The lowest BCUT2D eigenvalue weighted by atomic mass is 10.0. The molecule has 1 amide bonds. The second kappa shape index (κ2) is 7.80. The molecule has 1 fully saturated rings. The highest BCUT2D eigenvalue weighted by Crippen LogP contribution is 2.32. The molecule has 7 heteroatoms. The number of para-hydroxylation sites is 1. The SMILES string of the molecule is COc1cccc2c(NC3CCN(C(=O)c4cnccn4)CC3)c(C)cnc12. The number of aryl methyl sites for hydroxylation is 1. The number of likely N-dealkylation sites (tertiary alicyclic amines) is 1. The first kappa shape index (κ1) is 18.2. The number of piperidine rings is 1. The molecule has 0 aliphatic carbocycles. The Balaban J connectivity index is 1.48. The molecule has 28 heavy (non-hydrogen) atoms. The third kappa shape index (κ3) is 3.47. The van der Waals surface area contributed by atoms with Gasteiger partial charge in [0.2, 0.25) is 0 Å². The number of anilines is 1. The molecule has 4 rings (SSSR count). The van der Waals surface area contributed by atoms with Gasteiger partial charge in [-0.2, -0.15) is 0 Å². The van der Waals surface area contributed by atoms with E-state index in [-0.39, 0.29) is 5.91 Å². The number of pyridine rings is 1. The number of carbonyl (C=O) groups is 1. The monoisotopic (exact) mass is 377 g/mol. The summed E-state index contributed by atoms with van der Waals surface area (Å²) in [7, 11) is 1.66. The number of fused-ring (bicyclic) bond motifs is 1. The minimum absolute atomic E-state index is 0.0539. The summed E-state index contributed by atoms with van der Waals surface area (Å²) in [5.74, 6) is 0.715. The number of methoxy groups -OCH3 is 1. The number of nitrogens with zero attached hydrogens (tertiary/aromatic N) is 4. The lowest BCUT2D eigenvalue weighted by molar-refractivity contribution is 0.0712. The maximum atomic E-state index is 12.5. The zero-order valence-electron chi connectivity index (χ0n) is 16.1. The fourth-order valence-corrected chi connectivity index (χ4v) is 3.65. The standard InChI is InChI=1S/C21H23N5O2/c1-14-12-24-20-16(4-3-5-18(20)28-2)19(14)25-15-6-10-26(11-7-15)21(27)17-13-22-8-9-23-17/h3-5,8-9,12-13,15H,6-7,10-11H2,1-2H3,(H,24,25). The van der Waals surface area contributed by atoms with E-state index < -0.39 is 0 Å². The van der Waals surface area contributed by atoms with Crippen molar-refractivity contribution in [3.63, 3.8) is 0 Å². The summed E-state index contributed by atoms with van der Waals surface area (Å²) in [6, 6.07) is 6.26. The number of hydrogen-bond acceptors (Lipinski definition) is 6. The van der Waals surface area contributed by atoms with Crippen molar-refractivity contribution >= 4 is 22.5 Å². The van der Waals surface area contributed by atoms with E-state index >= 15 is 0 Å². The van der Waals surface area contributed by atoms with Crippen LogP contribution in [-0.2, 0) is 0 Å². The first-order valence-electron chi connectivity index (χ1n) is 9.41. The van der Waals surface area contributed by atoms with Gasteiger partial charge in [0, 0.05) is 48.8 Å². The smallest absolute Gasteiger partial charge is 0.274 e. The topological polar surface area (TPSA) is 80.2 Å². The summed E-state index contributed by atoms with van der Waals surface area (Å²) in [5, 5.41) is 4.73. The van der Waals surface area contributed by atoms with Gasteiger partial charge in [0.15, 0.2) is 0 Å². The largest absolute Gasteiger partial charge is 0.494 e. The number of nitrogens with one attached hydrogen (secondary N) is 1. The Kier molecular flexibility index (Phi) is 5.06. The van der Waals surface area contributed by atoms with Crippen LogP contribution in [0.1, 0.15) is 28.9 Å². The van der Waals surface area contributed by atoms with Gasteiger partial charge < -0.3 is 15.0 Å². The van der Waals surface area contributed by atoms with Crippen LogP contribution in [0.25, 0.3) is 10.9 Å².